The predicted octanol–water partition coefficient (Wildman–Crippen LogP) is 4.52. The quantitative estimate of drug-likeness (QED) is 0.345. The summed E-state index contributed by atoms with van der Waals surface area (Å²) in [4.78, 5) is 24.1. The van der Waals surface area contributed by atoms with Gasteiger partial charge in [0.2, 0.25) is 5.91 Å². The molecular formula is C24H28N4O4S. The number of aromatic nitrogens is 3. The van der Waals surface area contributed by atoms with Gasteiger partial charge in [-0.2, -0.15) is 0 Å². The van der Waals surface area contributed by atoms with Gasteiger partial charge in [-0.25, -0.2) is 4.79 Å². The van der Waals surface area contributed by atoms with Crippen LogP contribution in [0.5, 0.6) is 5.75 Å². The van der Waals surface area contributed by atoms with Gasteiger partial charge in [-0.3, -0.25) is 4.79 Å². The second kappa shape index (κ2) is 11.5. The molecular weight excluding hydrogens is 440 g/mol. The van der Waals surface area contributed by atoms with Gasteiger partial charge >= 0.3 is 5.97 Å². The van der Waals surface area contributed by atoms with Crippen LogP contribution >= 0.6 is 11.8 Å². The first-order valence-electron chi connectivity index (χ1n) is 10.7. The monoisotopic (exact) mass is 468 g/mol. The lowest BCUT2D eigenvalue weighted by molar-refractivity contribution is -0.113. The Bertz CT molecular complexity index is 1100. The van der Waals surface area contributed by atoms with Gasteiger partial charge in [0, 0.05) is 12.2 Å². The number of benzene rings is 2. The lowest BCUT2D eigenvalue weighted by Gasteiger charge is -2.10. The molecule has 3 aromatic rings. The molecule has 0 radical (unpaired) electrons. The molecule has 0 unspecified atom stereocenters. The van der Waals surface area contributed by atoms with Gasteiger partial charge in [0.15, 0.2) is 11.0 Å². The smallest absolute Gasteiger partial charge is 0.337 e. The Labute approximate surface area is 197 Å². The van der Waals surface area contributed by atoms with Gasteiger partial charge in [0.1, 0.15) is 12.4 Å². The lowest BCUT2D eigenvalue weighted by atomic mass is 10.0. The minimum atomic E-state index is -0.456. The molecule has 0 fully saturated rings. The van der Waals surface area contributed by atoms with Crippen LogP contribution in [0.1, 0.15) is 48.4 Å². The minimum Gasteiger partial charge on any atom is -0.486 e. The van der Waals surface area contributed by atoms with Gasteiger partial charge in [-0.15, -0.1) is 10.2 Å². The van der Waals surface area contributed by atoms with Crippen LogP contribution in [-0.4, -0.2) is 39.5 Å². The van der Waals surface area contributed by atoms with Crippen LogP contribution in [0.4, 0.5) is 5.69 Å². The summed E-state index contributed by atoms with van der Waals surface area (Å²) in [5.41, 5.74) is 2.16. The number of ether oxygens (including phenoxy) is 2. The van der Waals surface area contributed by atoms with E-state index in [1.807, 2.05) is 23.6 Å². The fraction of sp³-hybridized carbons (Fsp3) is 0.333. The van der Waals surface area contributed by atoms with E-state index in [0.717, 1.165) is 5.75 Å². The highest BCUT2D eigenvalue weighted by atomic mass is 32.2. The van der Waals surface area contributed by atoms with E-state index in [1.54, 1.807) is 24.3 Å². The fourth-order valence-electron chi connectivity index (χ4n) is 3.12. The molecule has 1 heterocycles. The number of hydrogen-bond acceptors (Lipinski definition) is 7. The van der Waals surface area contributed by atoms with Crippen LogP contribution in [0.2, 0.25) is 0 Å². The molecule has 33 heavy (non-hydrogen) atoms. The summed E-state index contributed by atoms with van der Waals surface area (Å²) in [7, 11) is 1.32. The van der Waals surface area contributed by atoms with Crippen LogP contribution in [0.15, 0.2) is 53.7 Å². The molecule has 1 aromatic heterocycles. The third-order valence-corrected chi connectivity index (χ3v) is 5.89. The molecule has 0 spiro atoms. The summed E-state index contributed by atoms with van der Waals surface area (Å²) in [6, 6.07) is 14.6. The molecule has 0 saturated heterocycles. The molecule has 2 aromatic carbocycles. The molecule has 1 N–H and O–H groups in total. The standard InChI is InChI=1S/C24H28N4O4S/c1-5-28-21(14-32-20-11-9-17(10-12-20)16(2)3)26-27-24(28)33-15-22(29)25-19-8-6-7-18(13-19)23(30)31-4/h6-13,16H,5,14-15H2,1-4H3,(H,25,29). The number of thioether (sulfide) groups is 1. The van der Waals surface area contributed by atoms with Crippen molar-refractivity contribution in [3.05, 3.63) is 65.5 Å². The molecule has 174 valence electrons. The van der Waals surface area contributed by atoms with E-state index in [0.29, 0.717) is 34.7 Å². The SMILES string of the molecule is CCn1c(COc2ccc(C(C)C)cc2)nnc1SCC(=O)Nc1cccc(C(=O)OC)c1. The Morgan fingerprint density at radius 3 is 2.55 bits per heavy atom. The largest absolute Gasteiger partial charge is 0.486 e. The van der Waals surface area contributed by atoms with Gasteiger partial charge < -0.3 is 19.4 Å². The van der Waals surface area contributed by atoms with E-state index < -0.39 is 5.97 Å². The van der Waals surface area contributed by atoms with E-state index in [-0.39, 0.29) is 18.3 Å². The number of methoxy groups -OCH3 is 1. The zero-order chi connectivity index (χ0) is 23.8. The van der Waals surface area contributed by atoms with Gasteiger partial charge in [0.25, 0.3) is 0 Å². The van der Waals surface area contributed by atoms with Gasteiger partial charge in [0.05, 0.1) is 18.4 Å². The van der Waals surface area contributed by atoms with E-state index in [1.165, 1.54) is 24.4 Å². The van der Waals surface area contributed by atoms with Crippen molar-refractivity contribution in [2.75, 3.05) is 18.2 Å². The Hall–Kier alpha value is -3.33. The topological polar surface area (TPSA) is 95.3 Å². The third kappa shape index (κ3) is 6.58. The molecule has 3 rings (SSSR count). The first kappa shape index (κ1) is 24.3. The number of carbonyl (C=O) groups is 2. The van der Waals surface area contributed by atoms with E-state index in [2.05, 4.69) is 41.5 Å². The predicted molar refractivity (Wildman–Crippen MR) is 128 cm³/mol. The number of nitrogens with one attached hydrogen (secondary N) is 1. The molecule has 0 aliphatic heterocycles. The summed E-state index contributed by atoms with van der Waals surface area (Å²) in [5.74, 6) is 1.42. The highest BCUT2D eigenvalue weighted by molar-refractivity contribution is 7.99. The Balaban J connectivity index is 1.56. The van der Waals surface area contributed by atoms with Crippen LogP contribution in [0, 0.1) is 0 Å². The van der Waals surface area contributed by atoms with Crippen molar-refractivity contribution < 1.29 is 19.1 Å². The maximum Gasteiger partial charge on any atom is 0.337 e. The molecule has 0 bridgehead atoms. The Morgan fingerprint density at radius 1 is 1.12 bits per heavy atom. The number of hydrogen-bond donors (Lipinski definition) is 1. The highest BCUT2D eigenvalue weighted by Gasteiger charge is 2.14. The molecule has 9 heteroatoms. The normalized spacial score (nSPS) is 10.8. The first-order valence-corrected chi connectivity index (χ1v) is 11.7. The molecule has 0 atom stereocenters. The minimum absolute atomic E-state index is 0.151. The van der Waals surface area contributed by atoms with E-state index >= 15 is 0 Å². The first-order chi connectivity index (χ1) is 15.9. The van der Waals surface area contributed by atoms with Crippen LogP contribution in [0.25, 0.3) is 0 Å². The van der Waals surface area contributed by atoms with Crippen molar-refractivity contribution in [2.45, 2.75) is 45.0 Å². The second-order valence-corrected chi connectivity index (χ2v) is 8.51. The zero-order valence-corrected chi connectivity index (χ0v) is 20.0. The number of rotatable bonds is 10. The van der Waals surface area contributed by atoms with E-state index in [9.17, 15) is 9.59 Å². The summed E-state index contributed by atoms with van der Waals surface area (Å²) in [5, 5.41) is 11.9. The lowest BCUT2D eigenvalue weighted by Crippen LogP contribution is -2.15. The number of carbonyl (C=O) groups excluding carboxylic acids is 2. The molecule has 8 nitrogen and oxygen atoms in total. The van der Waals surface area contributed by atoms with E-state index in [4.69, 9.17) is 9.47 Å². The number of esters is 1. The van der Waals surface area contributed by atoms with Crippen molar-refractivity contribution in [2.24, 2.45) is 0 Å². The zero-order valence-electron chi connectivity index (χ0n) is 19.2. The van der Waals surface area contributed by atoms with Crippen LogP contribution in [-0.2, 0) is 22.7 Å². The van der Waals surface area contributed by atoms with Crippen molar-refractivity contribution in [1.82, 2.24) is 14.8 Å². The van der Waals surface area contributed by atoms with Crippen molar-refractivity contribution in [3.8, 4) is 5.75 Å². The number of amides is 1. The molecule has 1 amide bonds. The summed E-state index contributed by atoms with van der Waals surface area (Å²) in [6.45, 7) is 7.24. The number of nitrogens with zero attached hydrogens (tertiary/aromatic N) is 3. The third-order valence-electron chi connectivity index (χ3n) is 4.92. The summed E-state index contributed by atoms with van der Waals surface area (Å²) in [6.07, 6.45) is 0. The molecule has 0 aliphatic rings. The fourth-order valence-corrected chi connectivity index (χ4v) is 3.94. The highest BCUT2D eigenvalue weighted by Crippen LogP contribution is 2.21. The molecule has 0 aliphatic carbocycles. The maximum atomic E-state index is 12.4. The Morgan fingerprint density at radius 2 is 1.88 bits per heavy atom. The number of anilines is 1. The van der Waals surface area contributed by atoms with Crippen molar-refractivity contribution in [1.29, 1.82) is 0 Å². The van der Waals surface area contributed by atoms with Gasteiger partial charge in [-0.05, 0) is 48.7 Å². The average molecular weight is 469 g/mol. The van der Waals surface area contributed by atoms with Crippen molar-refractivity contribution >= 4 is 29.3 Å². The second-order valence-electron chi connectivity index (χ2n) is 7.56. The van der Waals surface area contributed by atoms with Crippen LogP contribution in [0.3, 0.4) is 0 Å². The van der Waals surface area contributed by atoms with Crippen LogP contribution < -0.4 is 10.1 Å². The summed E-state index contributed by atoms with van der Waals surface area (Å²) < 4.78 is 12.5. The molecule has 0 saturated carbocycles. The van der Waals surface area contributed by atoms with Crippen molar-refractivity contribution in [3.63, 3.8) is 0 Å². The maximum absolute atomic E-state index is 12.4. The summed E-state index contributed by atoms with van der Waals surface area (Å²) >= 11 is 1.29. The average Bonchev–Trinajstić information content (AvgIpc) is 3.23. The Kier molecular flexibility index (Phi) is 8.48. The van der Waals surface area contributed by atoms with Gasteiger partial charge in [-0.1, -0.05) is 43.8 Å².